The zero-order valence-electron chi connectivity index (χ0n) is 35.7. The van der Waals surface area contributed by atoms with Crippen LogP contribution < -0.4 is 0 Å². The van der Waals surface area contributed by atoms with Gasteiger partial charge in [0.2, 0.25) is 0 Å². The molecule has 1 heterocycles. The zero-order chi connectivity index (χ0) is 42.3. The van der Waals surface area contributed by atoms with Gasteiger partial charge < -0.3 is 4.57 Å². The Balaban J connectivity index is 1.19. The van der Waals surface area contributed by atoms with Gasteiger partial charge in [0.05, 0.1) is 16.9 Å². The lowest BCUT2D eigenvalue weighted by molar-refractivity contribution is 0.660. The summed E-state index contributed by atoms with van der Waals surface area (Å²) >= 11 is 0. The highest BCUT2D eigenvalue weighted by Crippen LogP contribution is 2.54. The maximum Gasteiger partial charge on any atom is 0.0626 e. The highest BCUT2D eigenvalue weighted by Gasteiger charge is 2.35. The number of hydrogen-bond donors (Lipinski definition) is 0. The average Bonchev–Trinajstić information content (AvgIpc) is 3.82. The van der Waals surface area contributed by atoms with Crippen LogP contribution >= 0.6 is 0 Å². The quantitative estimate of drug-likeness (QED) is 0.156. The van der Waals surface area contributed by atoms with Gasteiger partial charge >= 0.3 is 0 Å². The summed E-state index contributed by atoms with van der Waals surface area (Å²) in [7, 11) is 0. The molecule has 1 nitrogen and oxygen atoms in total. The lowest BCUT2D eigenvalue weighted by Gasteiger charge is -2.22. The zero-order valence-corrected chi connectivity index (χ0v) is 35.7. The van der Waals surface area contributed by atoms with Gasteiger partial charge in [0.25, 0.3) is 0 Å². The minimum atomic E-state index is -0.0973. The van der Waals surface area contributed by atoms with Crippen molar-refractivity contribution in [1.82, 2.24) is 4.57 Å². The molecule has 12 aromatic carbocycles. The SMILES string of the molecule is CC1(C)c2ccccc2-c2ccc(-c3cc4c5ccccc5c5c(c(-c6ccccc6)c(-c6ccccc6)n5-c5ccc6ccc7cccc8ccc5c6c78)c4c4ccccc34)cc21. The molecule has 0 aliphatic heterocycles. The fourth-order valence-electron chi connectivity index (χ4n) is 11.9. The standard InChI is InChI=1S/C63H41N/c1-63(2)53-27-14-13-24-46(53)47-33-31-43(36-54(47)63)51-37-52-45-23-10-12-26-49(45)62-60(59(52)48-25-11-9-22-44(48)51)58(38-16-5-3-6-17-38)61(42-18-7-4-8-19-42)64(62)55-35-32-41-29-28-39-20-15-21-40-30-34-50(55)57(41)56(39)40/h3-37H,1-2H3. The monoisotopic (exact) mass is 811 g/mol. The molecule has 1 aliphatic carbocycles. The van der Waals surface area contributed by atoms with Gasteiger partial charge in [0.1, 0.15) is 0 Å². The summed E-state index contributed by atoms with van der Waals surface area (Å²) in [6.45, 7) is 4.76. The van der Waals surface area contributed by atoms with E-state index in [1.165, 1.54) is 137 Å². The van der Waals surface area contributed by atoms with E-state index in [0.717, 1.165) is 0 Å². The van der Waals surface area contributed by atoms with Crippen LogP contribution in [0.1, 0.15) is 25.0 Å². The minimum Gasteiger partial charge on any atom is -0.307 e. The third-order valence-corrected chi connectivity index (χ3v) is 14.7. The Morgan fingerprint density at radius 3 is 1.72 bits per heavy atom. The topological polar surface area (TPSA) is 4.93 Å². The summed E-state index contributed by atoms with van der Waals surface area (Å²) in [5, 5.41) is 16.5. The van der Waals surface area contributed by atoms with E-state index < -0.39 is 0 Å². The average molecular weight is 812 g/mol. The number of nitrogens with zero attached hydrogens (tertiary/aromatic N) is 1. The molecule has 64 heavy (non-hydrogen) atoms. The van der Waals surface area contributed by atoms with Crippen LogP contribution in [0.2, 0.25) is 0 Å². The molecule has 0 unspecified atom stereocenters. The molecular weight excluding hydrogens is 771 g/mol. The second kappa shape index (κ2) is 13.0. The summed E-state index contributed by atoms with van der Waals surface area (Å²) in [4.78, 5) is 0. The van der Waals surface area contributed by atoms with Gasteiger partial charge in [0.15, 0.2) is 0 Å². The molecule has 0 saturated heterocycles. The molecule has 0 fully saturated rings. The van der Waals surface area contributed by atoms with E-state index in [0.29, 0.717) is 0 Å². The molecule has 0 atom stereocenters. The molecule has 0 bridgehead atoms. The van der Waals surface area contributed by atoms with E-state index in [2.05, 4.69) is 231 Å². The van der Waals surface area contributed by atoms with Crippen LogP contribution in [-0.2, 0) is 5.41 Å². The van der Waals surface area contributed by atoms with Crippen LogP contribution in [-0.4, -0.2) is 4.57 Å². The molecule has 0 spiro atoms. The molecule has 0 N–H and O–H groups in total. The van der Waals surface area contributed by atoms with Crippen molar-refractivity contribution in [2.75, 3.05) is 0 Å². The van der Waals surface area contributed by atoms with Crippen molar-refractivity contribution in [3.05, 3.63) is 223 Å². The van der Waals surface area contributed by atoms with E-state index in [1.54, 1.807) is 0 Å². The summed E-state index contributed by atoms with van der Waals surface area (Å²) in [6.07, 6.45) is 0. The van der Waals surface area contributed by atoms with Crippen LogP contribution in [0.3, 0.4) is 0 Å². The number of aromatic nitrogens is 1. The van der Waals surface area contributed by atoms with Gasteiger partial charge in [-0.3, -0.25) is 0 Å². The largest absolute Gasteiger partial charge is 0.307 e. The van der Waals surface area contributed by atoms with Crippen LogP contribution in [0.4, 0.5) is 0 Å². The normalized spacial score (nSPS) is 13.3. The first kappa shape index (κ1) is 35.6. The van der Waals surface area contributed by atoms with Gasteiger partial charge in [-0.2, -0.15) is 0 Å². The summed E-state index contributed by atoms with van der Waals surface area (Å²) in [5.41, 5.74) is 15.1. The number of hydrogen-bond acceptors (Lipinski definition) is 0. The molecular formula is C63H41N. The maximum atomic E-state index is 2.63. The molecule has 298 valence electrons. The third kappa shape index (κ3) is 4.73. The number of fused-ring (bicyclic) bond motifs is 11. The lowest BCUT2D eigenvalue weighted by Crippen LogP contribution is -2.14. The van der Waals surface area contributed by atoms with Crippen molar-refractivity contribution < 1.29 is 0 Å². The first-order chi connectivity index (χ1) is 31.5. The molecule has 1 heteroatoms. The Morgan fingerprint density at radius 1 is 0.328 bits per heavy atom. The Hall–Kier alpha value is -8.00. The lowest BCUT2D eigenvalue weighted by atomic mass is 9.81. The Labute approximate surface area is 371 Å². The molecule has 1 aliphatic rings. The molecule has 0 amide bonds. The highest BCUT2D eigenvalue weighted by molar-refractivity contribution is 6.37. The van der Waals surface area contributed by atoms with E-state index in [-0.39, 0.29) is 5.41 Å². The van der Waals surface area contributed by atoms with Crippen LogP contribution in [0, 0.1) is 0 Å². The smallest absolute Gasteiger partial charge is 0.0626 e. The Bertz CT molecular complexity index is 4060. The van der Waals surface area contributed by atoms with Gasteiger partial charge in [-0.1, -0.05) is 208 Å². The molecule has 0 radical (unpaired) electrons. The second-order valence-electron chi connectivity index (χ2n) is 18.3. The van der Waals surface area contributed by atoms with Crippen molar-refractivity contribution in [1.29, 1.82) is 0 Å². The van der Waals surface area contributed by atoms with E-state index in [9.17, 15) is 0 Å². The van der Waals surface area contributed by atoms with E-state index in [4.69, 9.17) is 0 Å². The first-order valence-electron chi connectivity index (χ1n) is 22.5. The van der Waals surface area contributed by atoms with Crippen molar-refractivity contribution in [2.24, 2.45) is 0 Å². The molecule has 13 aromatic rings. The van der Waals surface area contributed by atoms with Gasteiger partial charge in [-0.15, -0.1) is 0 Å². The fraction of sp³-hybridized carbons (Fsp3) is 0.0476. The number of benzene rings is 12. The van der Waals surface area contributed by atoms with Gasteiger partial charge in [-0.25, -0.2) is 0 Å². The van der Waals surface area contributed by atoms with Crippen LogP contribution in [0.5, 0.6) is 0 Å². The molecule has 14 rings (SSSR count). The van der Waals surface area contributed by atoms with Crippen molar-refractivity contribution in [3.8, 4) is 50.3 Å². The molecule has 0 saturated carbocycles. The van der Waals surface area contributed by atoms with Gasteiger partial charge in [0, 0.05) is 32.5 Å². The van der Waals surface area contributed by atoms with Crippen molar-refractivity contribution >= 4 is 75.5 Å². The predicted octanol–water partition coefficient (Wildman–Crippen LogP) is 17.3. The predicted molar refractivity (Wildman–Crippen MR) is 273 cm³/mol. The Morgan fingerprint density at radius 2 is 0.938 bits per heavy atom. The fourth-order valence-corrected chi connectivity index (χ4v) is 11.9. The van der Waals surface area contributed by atoms with Crippen LogP contribution in [0.25, 0.3) is 126 Å². The maximum absolute atomic E-state index is 2.63. The van der Waals surface area contributed by atoms with Crippen LogP contribution in [0.15, 0.2) is 212 Å². The summed E-state index contributed by atoms with van der Waals surface area (Å²) < 4.78 is 2.63. The minimum absolute atomic E-state index is 0.0973. The number of rotatable bonds is 4. The third-order valence-electron chi connectivity index (χ3n) is 14.7. The van der Waals surface area contributed by atoms with E-state index in [1.807, 2.05) is 0 Å². The summed E-state index contributed by atoms with van der Waals surface area (Å²) in [6, 6.07) is 79.8. The van der Waals surface area contributed by atoms with Crippen molar-refractivity contribution in [2.45, 2.75) is 19.3 Å². The first-order valence-corrected chi connectivity index (χ1v) is 22.5. The second-order valence-corrected chi connectivity index (χ2v) is 18.3. The Kier molecular flexibility index (Phi) is 7.24. The van der Waals surface area contributed by atoms with Crippen molar-refractivity contribution in [3.63, 3.8) is 0 Å². The summed E-state index contributed by atoms with van der Waals surface area (Å²) in [5.74, 6) is 0. The highest BCUT2D eigenvalue weighted by atomic mass is 15.0. The molecule has 1 aromatic heterocycles. The van der Waals surface area contributed by atoms with E-state index >= 15 is 0 Å². The van der Waals surface area contributed by atoms with Gasteiger partial charge in [-0.05, 0) is 111 Å².